The Hall–Kier alpha value is -3.94. The fourth-order valence-corrected chi connectivity index (χ4v) is 3.76. The minimum atomic E-state index is -0.0783. The number of amides is 2. The highest BCUT2D eigenvalue weighted by atomic mass is 16.2. The first-order valence-electron chi connectivity index (χ1n) is 10.3. The maximum atomic E-state index is 12.7. The van der Waals surface area contributed by atoms with Crippen LogP contribution < -0.4 is 10.2 Å². The number of hydrogen-bond acceptors (Lipinski definition) is 5. The van der Waals surface area contributed by atoms with Crippen LogP contribution in [-0.2, 0) is 0 Å². The largest absolute Gasteiger partial charge is 0.352 e. The van der Waals surface area contributed by atoms with Crippen LogP contribution in [0.3, 0.4) is 0 Å². The van der Waals surface area contributed by atoms with E-state index in [4.69, 9.17) is 0 Å². The molecule has 5 rings (SSSR count). The molecule has 1 fully saturated rings. The maximum Gasteiger partial charge on any atom is 0.321 e. The van der Waals surface area contributed by atoms with Gasteiger partial charge in [-0.3, -0.25) is 0 Å². The van der Waals surface area contributed by atoms with Gasteiger partial charge in [0.25, 0.3) is 0 Å². The van der Waals surface area contributed by atoms with Gasteiger partial charge in [-0.05, 0) is 48.0 Å². The molecule has 31 heavy (non-hydrogen) atoms. The number of piperazine rings is 1. The van der Waals surface area contributed by atoms with Crippen molar-refractivity contribution < 1.29 is 4.79 Å². The van der Waals surface area contributed by atoms with Gasteiger partial charge in [-0.25, -0.2) is 9.48 Å². The molecule has 0 aliphatic carbocycles. The predicted molar refractivity (Wildman–Crippen MR) is 121 cm³/mol. The zero-order chi connectivity index (χ0) is 21.2. The highest BCUT2D eigenvalue weighted by Crippen LogP contribution is 2.20. The van der Waals surface area contributed by atoms with Crippen molar-refractivity contribution in [3.05, 3.63) is 72.6 Å². The molecule has 8 heteroatoms. The summed E-state index contributed by atoms with van der Waals surface area (Å²) >= 11 is 0. The molecule has 1 aliphatic heterocycles. The minimum absolute atomic E-state index is 0.0783. The first-order valence-corrected chi connectivity index (χ1v) is 10.3. The summed E-state index contributed by atoms with van der Waals surface area (Å²) in [6.07, 6.45) is 1.87. The SMILES string of the molecule is Cc1ccn(-c2ccc(N3CCN(C(=O)Nc4ccc5ccccc5c4)CC3)nn2)n1. The maximum absolute atomic E-state index is 12.7. The molecule has 8 nitrogen and oxygen atoms in total. The summed E-state index contributed by atoms with van der Waals surface area (Å²) in [7, 11) is 0. The number of aryl methyl sites for hydroxylation is 1. The third-order valence-corrected chi connectivity index (χ3v) is 5.49. The zero-order valence-electron chi connectivity index (χ0n) is 17.3. The topological polar surface area (TPSA) is 79.2 Å². The van der Waals surface area contributed by atoms with E-state index in [1.807, 2.05) is 72.6 Å². The van der Waals surface area contributed by atoms with E-state index in [-0.39, 0.29) is 6.03 Å². The Kier molecular flexibility index (Phi) is 4.95. The van der Waals surface area contributed by atoms with Crippen LogP contribution in [0.15, 0.2) is 66.9 Å². The van der Waals surface area contributed by atoms with Crippen LogP contribution in [-0.4, -0.2) is 57.1 Å². The van der Waals surface area contributed by atoms with E-state index in [1.54, 1.807) is 4.68 Å². The lowest BCUT2D eigenvalue weighted by Crippen LogP contribution is -2.50. The van der Waals surface area contributed by atoms with Crippen LogP contribution in [0.2, 0.25) is 0 Å². The molecule has 0 bridgehead atoms. The van der Waals surface area contributed by atoms with Crippen LogP contribution in [0.25, 0.3) is 16.6 Å². The highest BCUT2D eigenvalue weighted by Gasteiger charge is 2.22. The van der Waals surface area contributed by atoms with Gasteiger partial charge in [0.1, 0.15) is 0 Å². The molecule has 0 radical (unpaired) electrons. The lowest BCUT2D eigenvalue weighted by atomic mass is 10.1. The number of carbonyl (C=O) groups is 1. The number of rotatable bonds is 3. The molecule has 0 atom stereocenters. The number of nitrogens with one attached hydrogen (secondary N) is 1. The second-order valence-corrected chi connectivity index (χ2v) is 7.62. The Labute approximate surface area is 180 Å². The van der Waals surface area contributed by atoms with Crippen molar-refractivity contribution in [2.75, 3.05) is 36.4 Å². The Morgan fingerprint density at radius 1 is 0.871 bits per heavy atom. The minimum Gasteiger partial charge on any atom is -0.352 e. The summed E-state index contributed by atoms with van der Waals surface area (Å²) in [6, 6.07) is 19.8. The molecule has 3 heterocycles. The van der Waals surface area contributed by atoms with E-state index in [0.717, 1.165) is 28.0 Å². The first kappa shape index (κ1) is 19.0. The van der Waals surface area contributed by atoms with Crippen molar-refractivity contribution in [2.45, 2.75) is 6.92 Å². The summed E-state index contributed by atoms with van der Waals surface area (Å²) < 4.78 is 1.71. The second kappa shape index (κ2) is 8.06. The molecular weight excluding hydrogens is 390 g/mol. The monoisotopic (exact) mass is 413 g/mol. The van der Waals surface area contributed by atoms with E-state index >= 15 is 0 Å². The lowest BCUT2D eigenvalue weighted by molar-refractivity contribution is 0.208. The van der Waals surface area contributed by atoms with Crippen molar-refractivity contribution in [1.29, 1.82) is 0 Å². The van der Waals surface area contributed by atoms with Gasteiger partial charge in [-0.1, -0.05) is 30.3 Å². The third-order valence-electron chi connectivity index (χ3n) is 5.49. The molecule has 156 valence electrons. The van der Waals surface area contributed by atoms with Crippen LogP contribution in [0.5, 0.6) is 0 Å². The van der Waals surface area contributed by atoms with Crippen molar-refractivity contribution in [1.82, 2.24) is 24.9 Å². The van der Waals surface area contributed by atoms with Gasteiger partial charge in [0.2, 0.25) is 0 Å². The summed E-state index contributed by atoms with van der Waals surface area (Å²) in [5.74, 6) is 1.49. The standard InChI is InChI=1S/C23H23N7O/c1-17-10-11-30(27-17)22-9-8-21(25-26-22)28-12-14-29(15-13-28)23(31)24-20-7-6-18-4-2-3-5-19(18)16-20/h2-11,16H,12-15H2,1H3,(H,24,31). The quantitative estimate of drug-likeness (QED) is 0.556. The smallest absolute Gasteiger partial charge is 0.321 e. The molecule has 1 aliphatic rings. The van der Waals surface area contributed by atoms with Crippen molar-refractivity contribution in [3.63, 3.8) is 0 Å². The van der Waals surface area contributed by atoms with Gasteiger partial charge < -0.3 is 15.1 Å². The number of aromatic nitrogens is 4. The normalized spacial score (nSPS) is 14.1. The lowest BCUT2D eigenvalue weighted by Gasteiger charge is -2.35. The Balaban J connectivity index is 1.19. The number of urea groups is 1. The summed E-state index contributed by atoms with van der Waals surface area (Å²) in [6.45, 7) is 4.61. The van der Waals surface area contributed by atoms with Gasteiger partial charge >= 0.3 is 6.03 Å². The predicted octanol–water partition coefficient (Wildman–Crippen LogP) is 3.48. The van der Waals surface area contributed by atoms with Crippen LogP contribution in [0.4, 0.5) is 16.3 Å². The van der Waals surface area contributed by atoms with Crippen LogP contribution in [0.1, 0.15) is 5.69 Å². The van der Waals surface area contributed by atoms with Crippen molar-refractivity contribution >= 4 is 28.3 Å². The summed E-state index contributed by atoms with van der Waals surface area (Å²) in [4.78, 5) is 16.7. The zero-order valence-corrected chi connectivity index (χ0v) is 17.3. The molecule has 0 spiro atoms. The second-order valence-electron chi connectivity index (χ2n) is 7.62. The Bertz CT molecular complexity index is 1210. The van der Waals surface area contributed by atoms with Crippen LogP contribution in [0, 0.1) is 6.92 Å². The van der Waals surface area contributed by atoms with Gasteiger partial charge in [0.15, 0.2) is 11.6 Å². The number of carbonyl (C=O) groups excluding carboxylic acids is 1. The Morgan fingerprint density at radius 3 is 2.32 bits per heavy atom. The molecular formula is C23H23N7O. The number of benzene rings is 2. The molecule has 2 amide bonds. The molecule has 4 aromatic rings. The fourth-order valence-electron chi connectivity index (χ4n) is 3.76. The van der Waals surface area contributed by atoms with Crippen molar-refractivity contribution in [2.24, 2.45) is 0 Å². The number of anilines is 2. The van der Waals surface area contributed by atoms with Gasteiger partial charge in [-0.15, -0.1) is 10.2 Å². The summed E-state index contributed by atoms with van der Waals surface area (Å²) in [5.41, 5.74) is 1.74. The highest BCUT2D eigenvalue weighted by molar-refractivity contribution is 5.93. The van der Waals surface area contributed by atoms with Gasteiger partial charge in [0.05, 0.1) is 5.69 Å². The average molecular weight is 413 g/mol. The van der Waals surface area contributed by atoms with E-state index in [9.17, 15) is 4.79 Å². The average Bonchev–Trinajstić information content (AvgIpc) is 3.25. The van der Waals surface area contributed by atoms with E-state index in [0.29, 0.717) is 32.0 Å². The molecule has 2 aromatic carbocycles. The fraction of sp³-hybridized carbons (Fsp3) is 0.217. The first-order chi connectivity index (χ1) is 15.2. The summed E-state index contributed by atoms with van der Waals surface area (Å²) in [5, 5.41) is 18.3. The molecule has 1 N–H and O–H groups in total. The van der Waals surface area contributed by atoms with Gasteiger partial charge in [0, 0.05) is 38.1 Å². The number of hydrogen-bond donors (Lipinski definition) is 1. The van der Waals surface area contributed by atoms with E-state index in [2.05, 4.69) is 31.6 Å². The van der Waals surface area contributed by atoms with E-state index in [1.165, 1.54) is 0 Å². The van der Waals surface area contributed by atoms with Crippen LogP contribution >= 0.6 is 0 Å². The number of nitrogens with zero attached hydrogens (tertiary/aromatic N) is 6. The Morgan fingerprint density at radius 2 is 1.61 bits per heavy atom. The molecule has 1 saturated heterocycles. The van der Waals surface area contributed by atoms with Gasteiger partial charge in [-0.2, -0.15) is 5.10 Å². The number of fused-ring (bicyclic) bond motifs is 1. The van der Waals surface area contributed by atoms with E-state index < -0.39 is 0 Å². The third kappa shape index (κ3) is 4.05. The molecule has 2 aromatic heterocycles. The van der Waals surface area contributed by atoms with Crippen molar-refractivity contribution in [3.8, 4) is 5.82 Å². The molecule has 0 saturated carbocycles. The molecule has 0 unspecified atom stereocenters.